The number of anilines is 2. The average Bonchev–Trinajstić information content (AvgIpc) is 3.19. The molecular weight excluding hydrogens is 372 g/mol. The van der Waals surface area contributed by atoms with Crippen LogP contribution in [-0.4, -0.2) is 46.2 Å². The highest BCUT2D eigenvalue weighted by atomic mass is 32.1. The summed E-state index contributed by atoms with van der Waals surface area (Å²) in [7, 11) is 0. The van der Waals surface area contributed by atoms with Crippen molar-refractivity contribution in [1.82, 2.24) is 19.9 Å². The van der Waals surface area contributed by atoms with Crippen LogP contribution < -0.4 is 10.6 Å². The number of nitrogen functional groups attached to an aromatic ring is 1. The van der Waals surface area contributed by atoms with Gasteiger partial charge in [-0.25, -0.2) is 19.9 Å². The highest BCUT2D eigenvalue weighted by Crippen LogP contribution is 2.38. The molecule has 1 aliphatic heterocycles. The largest absolute Gasteiger partial charge is 0.378 e. The molecule has 140 valence electrons. The first-order chi connectivity index (χ1) is 13.8. The van der Waals surface area contributed by atoms with Crippen molar-refractivity contribution in [3.05, 3.63) is 48.1 Å². The quantitative estimate of drug-likeness (QED) is 0.574. The van der Waals surface area contributed by atoms with Gasteiger partial charge < -0.3 is 15.4 Å². The van der Waals surface area contributed by atoms with Gasteiger partial charge in [-0.05, 0) is 5.56 Å². The smallest absolute Gasteiger partial charge is 0.219 e. The van der Waals surface area contributed by atoms with E-state index in [0.717, 1.165) is 45.8 Å². The van der Waals surface area contributed by atoms with Crippen LogP contribution in [0.25, 0.3) is 32.7 Å². The number of rotatable bonds is 3. The molecule has 4 aromatic rings. The monoisotopic (exact) mass is 390 g/mol. The molecule has 1 aromatic carbocycles. The van der Waals surface area contributed by atoms with Crippen molar-refractivity contribution in [1.29, 1.82) is 0 Å². The Morgan fingerprint density at radius 1 is 0.964 bits per heavy atom. The zero-order chi connectivity index (χ0) is 18.9. The van der Waals surface area contributed by atoms with E-state index in [2.05, 4.69) is 32.4 Å². The number of nitrogens with two attached hydrogens (primary N) is 1. The van der Waals surface area contributed by atoms with Crippen molar-refractivity contribution in [3.63, 3.8) is 0 Å². The highest BCUT2D eigenvalue weighted by molar-refractivity contribution is 7.18. The first-order valence-electron chi connectivity index (χ1n) is 9.05. The van der Waals surface area contributed by atoms with Gasteiger partial charge in [0.05, 0.1) is 29.0 Å². The van der Waals surface area contributed by atoms with Crippen LogP contribution in [0.15, 0.2) is 48.1 Å². The van der Waals surface area contributed by atoms with Crippen molar-refractivity contribution >= 4 is 33.3 Å². The van der Waals surface area contributed by atoms with E-state index in [1.54, 1.807) is 23.7 Å². The lowest BCUT2D eigenvalue weighted by Crippen LogP contribution is -2.36. The van der Waals surface area contributed by atoms with Crippen molar-refractivity contribution in [2.75, 3.05) is 36.9 Å². The molecule has 0 unspecified atom stereocenters. The third-order valence-electron chi connectivity index (χ3n) is 4.72. The third kappa shape index (κ3) is 3.06. The third-order valence-corrected chi connectivity index (χ3v) is 5.69. The lowest BCUT2D eigenvalue weighted by Gasteiger charge is -2.28. The number of hydrogen-bond donors (Lipinski definition) is 1. The molecule has 0 atom stereocenters. The van der Waals surface area contributed by atoms with Crippen LogP contribution in [0.5, 0.6) is 0 Å². The van der Waals surface area contributed by atoms with Crippen LogP contribution in [0.4, 0.5) is 11.8 Å². The molecule has 0 saturated carbocycles. The van der Waals surface area contributed by atoms with E-state index in [0.29, 0.717) is 19.0 Å². The first kappa shape index (κ1) is 17.0. The molecule has 8 heteroatoms. The molecule has 1 saturated heterocycles. The van der Waals surface area contributed by atoms with Crippen molar-refractivity contribution in [3.8, 4) is 22.5 Å². The van der Waals surface area contributed by atoms with Crippen LogP contribution in [0.2, 0.25) is 0 Å². The summed E-state index contributed by atoms with van der Waals surface area (Å²) < 4.78 is 6.60. The molecule has 1 fully saturated rings. The Labute approximate surface area is 165 Å². The topological polar surface area (TPSA) is 90.0 Å². The van der Waals surface area contributed by atoms with Crippen molar-refractivity contribution in [2.45, 2.75) is 0 Å². The second kappa shape index (κ2) is 7.14. The lowest BCUT2D eigenvalue weighted by atomic mass is 10.1. The second-order valence-electron chi connectivity index (χ2n) is 6.49. The van der Waals surface area contributed by atoms with Crippen molar-refractivity contribution < 1.29 is 4.74 Å². The Morgan fingerprint density at radius 2 is 1.71 bits per heavy atom. The van der Waals surface area contributed by atoms with Gasteiger partial charge in [-0.3, -0.25) is 0 Å². The number of morpholine rings is 1. The molecule has 7 nitrogen and oxygen atoms in total. The Hall–Kier alpha value is -3.10. The summed E-state index contributed by atoms with van der Waals surface area (Å²) in [6.45, 7) is 3.01. The molecule has 2 N–H and O–H groups in total. The Kier molecular flexibility index (Phi) is 4.34. The van der Waals surface area contributed by atoms with Gasteiger partial charge in [0.1, 0.15) is 0 Å². The van der Waals surface area contributed by atoms with E-state index >= 15 is 0 Å². The fourth-order valence-corrected chi connectivity index (χ4v) is 4.33. The minimum atomic E-state index is 0.235. The predicted molar refractivity (Wildman–Crippen MR) is 111 cm³/mol. The van der Waals surface area contributed by atoms with Crippen LogP contribution in [0, 0.1) is 0 Å². The zero-order valence-corrected chi connectivity index (χ0v) is 15.9. The van der Waals surface area contributed by atoms with Gasteiger partial charge >= 0.3 is 0 Å². The van der Waals surface area contributed by atoms with Gasteiger partial charge in [-0.1, -0.05) is 30.3 Å². The maximum Gasteiger partial charge on any atom is 0.219 e. The average molecular weight is 390 g/mol. The molecule has 0 spiro atoms. The minimum absolute atomic E-state index is 0.235. The van der Waals surface area contributed by atoms with E-state index in [1.165, 1.54) is 0 Å². The molecule has 0 aliphatic carbocycles. The fraction of sp³-hybridized carbons (Fsp3) is 0.200. The zero-order valence-electron chi connectivity index (χ0n) is 15.1. The summed E-state index contributed by atoms with van der Waals surface area (Å²) in [4.78, 5) is 20.2. The molecule has 0 radical (unpaired) electrons. The predicted octanol–water partition coefficient (Wildman–Crippen LogP) is 3.23. The number of fused-ring (bicyclic) bond motifs is 1. The molecule has 28 heavy (non-hydrogen) atoms. The molecule has 4 heterocycles. The standard InChI is InChI=1S/C20H18N6OS/c21-20-22-10-14(11-23-20)18-24-16-15(13-4-2-1-3-5-13)12-28-17(16)19(25-18)26-6-8-27-9-7-26/h1-5,10-12H,6-9H2,(H2,21,22,23). The van der Waals surface area contributed by atoms with Gasteiger partial charge in [0.25, 0.3) is 0 Å². The van der Waals surface area contributed by atoms with Crippen LogP contribution in [0.3, 0.4) is 0 Å². The van der Waals surface area contributed by atoms with E-state index in [9.17, 15) is 0 Å². The van der Waals surface area contributed by atoms with E-state index in [-0.39, 0.29) is 5.95 Å². The molecule has 0 amide bonds. The number of nitrogens with zero attached hydrogens (tertiary/aromatic N) is 5. The Morgan fingerprint density at radius 3 is 2.46 bits per heavy atom. The number of aromatic nitrogens is 4. The van der Waals surface area contributed by atoms with Crippen LogP contribution >= 0.6 is 11.3 Å². The number of benzene rings is 1. The van der Waals surface area contributed by atoms with Gasteiger partial charge in [0.15, 0.2) is 11.6 Å². The highest BCUT2D eigenvalue weighted by Gasteiger charge is 2.21. The molecule has 5 rings (SSSR count). The second-order valence-corrected chi connectivity index (χ2v) is 7.37. The Balaban J connectivity index is 1.72. The normalized spacial score (nSPS) is 14.5. The number of hydrogen-bond acceptors (Lipinski definition) is 8. The SMILES string of the molecule is Nc1ncc(-c2nc(N3CCOCC3)c3scc(-c4ccccc4)c3n2)cn1. The van der Waals surface area contributed by atoms with E-state index in [1.807, 2.05) is 18.2 Å². The molecule has 0 bridgehead atoms. The summed E-state index contributed by atoms with van der Waals surface area (Å²) in [5, 5.41) is 2.15. The number of thiophene rings is 1. The van der Waals surface area contributed by atoms with Gasteiger partial charge in [0, 0.05) is 36.4 Å². The van der Waals surface area contributed by atoms with Crippen molar-refractivity contribution in [2.24, 2.45) is 0 Å². The first-order valence-corrected chi connectivity index (χ1v) is 9.93. The number of ether oxygens (including phenoxy) is 1. The van der Waals surface area contributed by atoms with Gasteiger partial charge in [-0.2, -0.15) is 0 Å². The lowest BCUT2D eigenvalue weighted by molar-refractivity contribution is 0.122. The van der Waals surface area contributed by atoms with Gasteiger partial charge in [0.2, 0.25) is 5.95 Å². The summed E-state index contributed by atoms with van der Waals surface area (Å²) in [6, 6.07) is 10.3. The van der Waals surface area contributed by atoms with E-state index in [4.69, 9.17) is 20.4 Å². The van der Waals surface area contributed by atoms with Crippen LogP contribution in [-0.2, 0) is 4.74 Å². The molecular formula is C20H18N6OS. The Bertz CT molecular complexity index is 1110. The van der Waals surface area contributed by atoms with Gasteiger partial charge in [-0.15, -0.1) is 11.3 Å². The van der Waals surface area contributed by atoms with E-state index < -0.39 is 0 Å². The summed E-state index contributed by atoms with van der Waals surface area (Å²) in [5.41, 5.74) is 9.58. The summed E-state index contributed by atoms with van der Waals surface area (Å²) in [5.74, 6) is 1.77. The molecule has 3 aromatic heterocycles. The fourth-order valence-electron chi connectivity index (χ4n) is 3.30. The summed E-state index contributed by atoms with van der Waals surface area (Å²) in [6.07, 6.45) is 3.34. The molecule has 1 aliphatic rings. The minimum Gasteiger partial charge on any atom is -0.378 e. The van der Waals surface area contributed by atoms with Crippen LogP contribution in [0.1, 0.15) is 0 Å². The summed E-state index contributed by atoms with van der Waals surface area (Å²) >= 11 is 1.68. The maximum absolute atomic E-state index is 5.64. The maximum atomic E-state index is 5.64.